The van der Waals surface area contributed by atoms with Crippen molar-refractivity contribution in [3.8, 4) is 0 Å². The SMILES string of the molecule is CC(C(O)C(CN)c1c(Cl)cccc1Cl)S(C)(=O)=O. The Labute approximate surface area is 123 Å². The van der Waals surface area contributed by atoms with Crippen LogP contribution in [0.1, 0.15) is 18.4 Å². The third kappa shape index (κ3) is 3.83. The zero-order chi connectivity index (χ0) is 14.8. The van der Waals surface area contributed by atoms with Crippen LogP contribution in [-0.2, 0) is 9.84 Å². The predicted octanol–water partition coefficient (Wildman–Crippen LogP) is 1.83. The summed E-state index contributed by atoms with van der Waals surface area (Å²) in [5.74, 6) is -0.633. The smallest absolute Gasteiger partial charge is 0.152 e. The quantitative estimate of drug-likeness (QED) is 0.865. The van der Waals surface area contributed by atoms with E-state index in [1.807, 2.05) is 0 Å². The van der Waals surface area contributed by atoms with Gasteiger partial charge in [-0.1, -0.05) is 29.3 Å². The van der Waals surface area contributed by atoms with E-state index in [1.54, 1.807) is 18.2 Å². The van der Waals surface area contributed by atoms with E-state index in [1.165, 1.54) is 6.92 Å². The first kappa shape index (κ1) is 16.7. The van der Waals surface area contributed by atoms with Crippen molar-refractivity contribution in [1.29, 1.82) is 0 Å². The maximum absolute atomic E-state index is 11.5. The third-order valence-electron chi connectivity index (χ3n) is 3.19. The van der Waals surface area contributed by atoms with Gasteiger partial charge in [0.2, 0.25) is 0 Å². The summed E-state index contributed by atoms with van der Waals surface area (Å²) in [7, 11) is -3.38. The van der Waals surface area contributed by atoms with E-state index < -0.39 is 27.1 Å². The summed E-state index contributed by atoms with van der Waals surface area (Å²) in [6.45, 7) is 1.48. The minimum absolute atomic E-state index is 0.0461. The van der Waals surface area contributed by atoms with Crippen LogP contribution in [0, 0.1) is 0 Å². The van der Waals surface area contributed by atoms with E-state index in [0.29, 0.717) is 15.6 Å². The number of sulfone groups is 1. The molecule has 0 saturated carbocycles. The molecular weight excluding hydrogens is 309 g/mol. The molecule has 1 rings (SSSR count). The minimum atomic E-state index is -3.38. The lowest BCUT2D eigenvalue weighted by atomic mass is 9.91. The summed E-state index contributed by atoms with van der Waals surface area (Å²) in [5.41, 5.74) is 6.14. The summed E-state index contributed by atoms with van der Waals surface area (Å²) in [6.07, 6.45) is -0.0970. The number of rotatable bonds is 5. The van der Waals surface area contributed by atoms with E-state index in [2.05, 4.69) is 0 Å². The highest BCUT2D eigenvalue weighted by Gasteiger charge is 2.33. The van der Waals surface area contributed by atoms with Crippen LogP contribution in [0.15, 0.2) is 18.2 Å². The van der Waals surface area contributed by atoms with Crippen LogP contribution in [0.2, 0.25) is 10.0 Å². The second-order valence-electron chi connectivity index (χ2n) is 4.50. The second-order valence-corrected chi connectivity index (χ2v) is 7.72. The van der Waals surface area contributed by atoms with Crippen LogP contribution in [0.4, 0.5) is 0 Å². The standard InChI is InChI=1S/C12H17Cl2NO3S/c1-7(19(2,17)18)12(16)8(6-15)11-9(13)4-3-5-10(11)14/h3-5,7-8,12,16H,6,15H2,1-2H3. The van der Waals surface area contributed by atoms with Gasteiger partial charge in [-0.25, -0.2) is 8.42 Å². The Hall–Kier alpha value is -0.330. The molecule has 0 bridgehead atoms. The Balaban J connectivity index is 3.21. The molecule has 0 heterocycles. The fraction of sp³-hybridized carbons (Fsp3) is 0.500. The number of aliphatic hydroxyl groups is 1. The van der Waals surface area contributed by atoms with E-state index in [0.717, 1.165) is 6.26 Å². The Morgan fingerprint density at radius 2 is 1.79 bits per heavy atom. The van der Waals surface area contributed by atoms with Crippen molar-refractivity contribution in [2.75, 3.05) is 12.8 Å². The normalized spacial score (nSPS) is 16.9. The van der Waals surface area contributed by atoms with Gasteiger partial charge in [0.15, 0.2) is 9.84 Å². The van der Waals surface area contributed by atoms with Crippen molar-refractivity contribution in [3.63, 3.8) is 0 Å². The molecule has 1 aromatic carbocycles. The largest absolute Gasteiger partial charge is 0.391 e. The average molecular weight is 326 g/mol. The van der Waals surface area contributed by atoms with Gasteiger partial charge in [-0.2, -0.15) is 0 Å². The topological polar surface area (TPSA) is 80.4 Å². The summed E-state index contributed by atoms with van der Waals surface area (Å²) < 4.78 is 23.1. The molecule has 7 heteroatoms. The van der Waals surface area contributed by atoms with E-state index in [4.69, 9.17) is 28.9 Å². The molecule has 0 radical (unpaired) electrons. The first-order valence-electron chi connectivity index (χ1n) is 5.71. The summed E-state index contributed by atoms with van der Waals surface area (Å²) >= 11 is 12.1. The Kier molecular flexibility index (Phi) is 5.65. The fourth-order valence-corrected chi connectivity index (χ4v) is 3.25. The van der Waals surface area contributed by atoms with Crippen LogP contribution in [0.25, 0.3) is 0 Å². The first-order valence-corrected chi connectivity index (χ1v) is 8.42. The maximum Gasteiger partial charge on any atom is 0.152 e. The van der Waals surface area contributed by atoms with Crippen LogP contribution in [-0.4, -0.2) is 37.7 Å². The number of nitrogens with two attached hydrogens (primary N) is 1. The van der Waals surface area contributed by atoms with Crippen molar-refractivity contribution < 1.29 is 13.5 Å². The lowest BCUT2D eigenvalue weighted by molar-refractivity contribution is 0.144. The monoisotopic (exact) mass is 325 g/mol. The molecule has 0 fully saturated rings. The summed E-state index contributed by atoms with van der Waals surface area (Å²) in [5, 5.41) is 10.0. The molecule has 4 nitrogen and oxygen atoms in total. The molecule has 0 aliphatic heterocycles. The zero-order valence-electron chi connectivity index (χ0n) is 10.7. The molecule has 0 aliphatic carbocycles. The Bertz CT molecular complexity index is 528. The van der Waals surface area contributed by atoms with Crippen molar-refractivity contribution in [2.24, 2.45) is 5.73 Å². The highest BCUT2D eigenvalue weighted by molar-refractivity contribution is 7.91. The van der Waals surface area contributed by atoms with Gasteiger partial charge in [0, 0.05) is 28.8 Å². The molecule has 0 spiro atoms. The van der Waals surface area contributed by atoms with E-state index >= 15 is 0 Å². The fourth-order valence-electron chi connectivity index (χ4n) is 1.87. The van der Waals surface area contributed by atoms with Crippen molar-refractivity contribution >= 4 is 33.0 Å². The van der Waals surface area contributed by atoms with Gasteiger partial charge in [-0.15, -0.1) is 0 Å². The Morgan fingerprint density at radius 1 is 1.32 bits per heavy atom. The number of hydrogen-bond acceptors (Lipinski definition) is 4. The van der Waals surface area contributed by atoms with Crippen molar-refractivity contribution in [2.45, 2.75) is 24.2 Å². The zero-order valence-corrected chi connectivity index (χ0v) is 13.0. The maximum atomic E-state index is 11.5. The molecule has 108 valence electrons. The molecule has 3 atom stereocenters. The molecule has 3 N–H and O–H groups in total. The van der Waals surface area contributed by atoms with Crippen LogP contribution >= 0.6 is 23.2 Å². The number of benzene rings is 1. The summed E-state index contributed by atoms with van der Waals surface area (Å²) in [6, 6.07) is 4.93. The minimum Gasteiger partial charge on any atom is -0.391 e. The highest BCUT2D eigenvalue weighted by Crippen LogP contribution is 2.34. The van der Waals surface area contributed by atoms with Gasteiger partial charge >= 0.3 is 0 Å². The Morgan fingerprint density at radius 3 is 2.16 bits per heavy atom. The van der Waals surface area contributed by atoms with E-state index in [9.17, 15) is 13.5 Å². The molecular formula is C12H17Cl2NO3S. The predicted molar refractivity (Wildman–Crippen MR) is 78.6 cm³/mol. The number of aliphatic hydroxyl groups excluding tert-OH is 1. The van der Waals surface area contributed by atoms with Gasteiger partial charge in [-0.3, -0.25) is 0 Å². The van der Waals surface area contributed by atoms with Crippen molar-refractivity contribution in [1.82, 2.24) is 0 Å². The molecule has 0 aliphatic rings. The molecule has 0 aromatic heterocycles. The third-order valence-corrected chi connectivity index (χ3v) is 5.48. The molecule has 19 heavy (non-hydrogen) atoms. The van der Waals surface area contributed by atoms with Gasteiger partial charge in [-0.05, 0) is 24.6 Å². The van der Waals surface area contributed by atoms with Crippen LogP contribution in [0.3, 0.4) is 0 Å². The first-order chi connectivity index (χ1) is 8.70. The van der Waals surface area contributed by atoms with Crippen molar-refractivity contribution in [3.05, 3.63) is 33.8 Å². The van der Waals surface area contributed by atoms with Gasteiger partial charge in [0.1, 0.15) is 0 Å². The highest BCUT2D eigenvalue weighted by atomic mass is 35.5. The van der Waals surface area contributed by atoms with Crippen LogP contribution in [0.5, 0.6) is 0 Å². The summed E-state index contributed by atoms with van der Waals surface area (Å²) in [4.78, 5) is 0. The number of hydrogen-bond donors (Lipinski definition) is 2. The molecule has 3 unspecified atom stereocenters. The van der Waals surface area contributed by atoms with Gasteiger partial charge in [0.05, 0.1) is 11.4 Å². The van der Waals surface area contributed by atoms with E-state index in [-0.39, 0.29) is 6.54 Å². The van der Waals surface area contributed by atoms with Crippen LogP contribution < -0.4 is 5.73 Å². The average Bonchev–Trinajstić information content (AvgIpc) is 2.31. The lowest BCUT2D eigenvalue weighted by Crippen LogP contribution is -2.38. The second kappa shape index (κ2) is 6.41. The molecule has 0 saturated heterocycles. The number of halogens is 2. The van der Waals surface area contributed by atoms with Gasteiger partial charge < -0.3 is 10.8 Å². The molecule has 1 aromatic rings. The molecule has 0 amide bonds. The van der Waals surface area contributed by atoms with Gasteiger partial charge in [0.25, 0.3) is 0 Å². The lowest BCUT2D eigenvalue weighted by Gasteiger charge is -2.27.